The average Bonchev–Trinajstić information content (AvgIpc) is 1.38. The van der Waals surface area contributed by atoms with Crippen LogP contribution in [0.4, 0.5) is 0 Å². The summed E-state index contributed by atoms with van der Waals surface area (Å²) >= 11 is 0. The van der Waals surface area contributed by atoms with Crippen molar-refractivity contribution in [2.24, 2.45) is 0 Å². The van der Waals surface area contributed by atoms with Crippen LogP contribution in [0.5, 0.6) is 0 Å². The molecule has 0 aromatic rings. The van der Waals surface area contributed by atoms with Gasteiger partial charge in [-0.1, -0.05) is 0 Å². The van der Waals surface area contributed by atoms with Gasteiger partial charge in [-0.15, -0.1) is 0 Å². The molecule has 0 bridgehead atoms. The number of carbonyl (C=O) groups is 1. The summed E-state index contributed by atoms with van der Waals surface area (Å²) in [6.07, 6.45) is 0.750. The first-order chi connectivity index (χ1) is 2.27. The van der Waals surface area contributed by atoms with E-state index >= 15 is 0 Å². The molecule has 2 nitrogen and oxygen atoms in total. The summed E-state index contributed by atoms with van der Waals surface area (Å²) in [7, 11) is 3.38. The molecule has 0 aliphatic heterocycles. The van der Waals surface area contributed by atoms with Gasteiger partial charge in [0, 0.05) is 65.5 Å². The third kappa shape index (κ3) is 8.92. The summed E-state index contributed by atoms with van der Waals surface area (Å²) in [6.45, 7) is 0. The smallest absolute Gasteiger partial charge is 0.209 e. The molecule has 31 valence electrons. The molecule has 0 heterocycles. The minimum absolute atomic E-state index is 0. The molecule has 0 atom stereocenters. The van der Waals surface area contributed by atoms with Gasteiger partial charge < -0.3 is 4.90 Å². The molecule has 0 rings (SSSR count). The van der Waals surface area contributed by atoms with Crippen molar-refractivity contribution < 1.29 is 4.79 Å². The molecule has 6 heavy (non-hydrogen) atoms. The number of hydrogen-bond acceptors (Lipinski definition) is 1. The third-order valence-electron chi connectivity index (χ3n) is 0.211. The van der Waals surface area contributed by atoms with Crippen molar-refractivity contribution >= 4 is 57.8 Å². The van der Waals surface area contributed by atoms with Gasteiger partial charge in [-0.2, -0.15) is 0 Å². The Morgan fingerprint density at radius 3 is 1.67 bits per heavy atom. The Hall–Kier alpha value is 1.11. The molecule has 0 saturated heterocycles. The zero-order valence-electron chi connectivity index (χ0n) is 4.43. The Balaban J connectivity index is 0. The fourth-order valence-electron chi connectivity index (χ4n) is 0. The van der Waals surface area contributed by atoms with E-state index in [1.54, 1.807) is 14.1 Å². The maximum absolute atomic E-state index is 9.43. The molecule has 0 aromatic heterocycles. The number of nitrogens with zero attached hydrogens (tertiary/aromatic N) is 1. The monoisotopic (exact) mass is 112 g/mol. The zero-order valence-corrected chi connectivity index (χ0v) is 7.56. The zero-order chi connectivity index (χ0) is 4.28. The van der Waals surface area contributed by atoms with Crippen LogP contribution >= 0.6 is 0 Å². The molecule has 3 heteroatoms. The quantitative estimate of drug-likeness (QED) is 0.325. The van der Waals surface area contributed by atoms with E-state index in [4.69, 9.17) is 0 Å². The van der Waals surface area contributed by atoms with Crippen LogP contribution in [0, 0.1) is 0 Å². The van der Waals surface area contributed by atoms with Gasteiger partial charge in [0.1, 0.15) is 0 Å². The van der Waals surface area contributed by atoms with Gasteiger partial charge >= 0.3 is 0 Å². The number of carbonyl (C=O) groups excluding carboxylic acids is 1. The van der Waals surface area contributed by atoms with Crippen molar-refractivity contribution in [3.8, 4) is 0 Å². The van der Waals surface area contributed by atoms with Gasteiger partial charge in [0.25, 0.3) is 0 Å². The Morgan fingerprint density at radius 1 is 1.50 bits per heavy atom. The van der Waals surface area contributed by atoms with Crippen molar-refractivity contribution in [3.63, 3.8) is 0 Å². The Kier molecular flexibility index (Phi) is 10.3. The first-order valence-corrected chi connectivity index (χ1v) is 1.39. The van der Waals surface area contributed by atoms with Crippen molar-refractivity contribution in [3.05, 3.63) is 0 Å². The summed E-state index contributed by atoms with van der Waals surface area (Å²) in [4.78, 5) is 10.9. The number of amides is 1. The second kappa shape index (κ2) is 6.11. The molecular weight excluding hydrogens is 105 g/mol. The minimum Gasteiger partial charge on any atom is -0.351 e. The Bertz CT molecular complexity index is 37.8. The Morgan fingerprint density at radius 2 is 1.67 bits per heavy atom. The standard InChI is InChI=1S/C3H7NO.K/c1-4(2)3-5;/h3H,1-2H3;. The van der Waals surface area contributed by atoms with Gasteiger partial charge in [-0.3, -0.25) is 4.79 Å². The van der Waals surface area contributed by atoms with E-state index in [9.17, 15) is 4.79 Å². The SMILES string of the molecule is CN(C)C=O.[K]. The molecule has 0 saturated carbocycles. The van der Waals surface area contributed by atoms with Crippen LogP contribution in [-0.4, -0.2) is 76.8 Å². The van der Waals surface area contributed by atoms with Crippen molar-refractivity contribution in [1.29, 1.82) is 0 Å². The fraction of sp³-hybridized carbons (Fsp3) is 0.667. The van der Waals surface area contributed by atoms with Crippen LogP contribution in [-0.2, 0) is 4.79 Å². The minimum atomic E-state index is 0. The molecule has 0 N–H and O–H groups in total. The van der Waals surface area contributed by atoms with Crippen LogP contribution in [0.2, 0.25) is 0 Å². The van der Waals surface area contributed by atoms with Crippen LogP contribution in [0.3, 0.4) is 0 Å². The van der Waals surface area contributed by atoms with Gasteiger partial charge in [-0.05, 0) is 0 Å². The van der Waals surface area contributed by atoms with Crippen molar-refractivity contribution in [2.45, 2.75) is 0 Å². The maximum Gasteiger partial charge on any atom is 0.209 e. The summed E-state index contributed by atoms with van der Waals surface area (Å²) < 4.78 is 0. The predicted octanol–water partition coefficient (Wildman–Crippen LogP) is -0.676. The first kappa shape index (κ1) is 10.2. The van der Waals surface area contributed by atoms with Gasteiger partial charge in [0.15, 0.2) is 0 Å². The molecule has 0 aliphatic carbocycles. The molecular formula is C3H7KNO. The van der Waals surface area contributed by atoms with E-state index < -0.39 is 0 Å². The third-order valence-corrected chi connectivity index (χ3v) is 0.211. The second-order valence-electron chi connectivity index (χ2n) is 1.07. The van der Waals surface area contributed by atoms with Crippen LogP contribution < -0.4 is 0 Å². The van der Waals surface area contributed by atoms with E-state index in [1.807, 2.05) is 0 Å². The van der Waals surface area contributed by atoms with Crippen molar-refractivity contribution in [2.75, 3.05) is 14.1 Å². The topological polar surface area (TPSA) is 20.3 Å². The van der Waals surface area contributed by atoms with Gasteiger partial charge in [-0.25, -0.2) is 0 Å². The van der Waals surface area contributed by atoms with E-state index in [0.717, 1.165) is 6.41 Å². The molecule has 1 amide bonds. The first-order valence-electron chi connectivity index (χ1n) is 1.39. The fourth-order valence-corrected chi connectivity index (χ4v) is 0. The van der Waals surface area contributed by atoms with E-state index in [2.05, 4.69) is 0 Å². The van der Waals surface area contributed by atoms with Gasteiger partial charge in [0.2, 0.25) is 6.41 Å². The average molecular weight is 112 g/mol. The van der Waals surface area contributed by atoms with E-state index in [0.29, 0.717) is 0 Å². The van der Waals surface area contributed by atoms with E-state index in [-0.39, 0.29) is 51.4 Å². The molecule has 0 aromatic carbocycles. The predicted molar refractivity (Wildman–Crippen MR) is 25.5 cm³/mol. The van der Waals surface area contributed by atoms with Crippen LogP contribution in [0.1, 0.15) is 0 Å². The molecule has 1 radical (unpaired) electrons. The van der Waals surface area contributed by atoms with Crippen LogP contribution in [0.15, 0.2) is 0 Å². The number of hydrogen-bond donors (Lipinski definition) is 0. The normalized spacial score (nSPS) is 5.67. The summed E-state index contributed by atoms with van der Waals surface area (Å²) in [5.74, 6) is 0. The van der Waals surface area contributed by atoms with E-state index in [1.165, 1.54) is 4.90 Å². The second-order valence-corrected chi connectivity index (χ2v) is 1.07. The molecule has 0 aliphatic rings. The molecule has 0 unspecified atom stereocenters. The van der Waals surface area contributed by atoms with Crippen LogP contribution in [0.25, 0.3) is 0 Å². The van der Waals surface area contributed by atoms with Crippen molar-refractivity contribution in [1.82, 2.24) is 4.90 Å². The van der Waals surface area contributed by atoms with Gasteiger partial charge in [0.05, 0.1) is 0 Å². The Labute approximate surface area is 80.3 Å². The summed E-state index contributed by atoms with van der Waals surface area (Å²) in [6, 6.07) is 0. The largest absolute Gasteiger partial charge is 0.351 e. The summed E-state index contributed by atoms with van der Waals surface area (Å²) in [5, 5.41) is 0. The molecule has 0 spiro atoms. The number of rotatable bonds is 1. The maximum atomic E-state index is 9.43. The molecule has 0 fully saturated rings. The summed E-state index contributed by atoms with van der Waals surface area (Å²) in [5.41, 5.74) is 0.